The molecule has 0 saturated heterocycles. The van der Waals surface area contributed by atoms with Gasteiger partial charge in [-0.25, -0.2) is 0 Å². The van der Waals surface area contributed by atoms with E-state index < -0.39 is 0 Å². The van der Waals surface area contributed by atoms with Gasteiger partial charge in [-0.15, -0.1) is 0 Å². The van der Waals surface area contributed by atoms with E-state index in [4.69, 9.17) is 4.52 Å². The number of aromatic nitrogens is 2. The van der Waals surface area contributed by atoms with Crippen molar-refractivity contribution in [1.29, 1.82) is 0 Å². The van der Waals surface area contributed by atoms with Gasteiger partial charge in [0.15, 0.2) is 0 Å². The lowest BCUT2D eigenvalue weighted by atomic mass is 10.2. The molecule has 0 atom stereocenters. The fourth-order valence-corrected chi connectivity index (χ4v) is 1.95. The van der Waals surface area contributed by atoms with E-state index in [2.05, 4.69) is 44.0 Å². The zero-order chi connectivity index (χ0) is 14.4. The van der Waals surface area contributed by atoms with Crippen LogP contribution in [-0.2, 0) is 11.2 Å². The highest BCUT2D eigenvalue weighted by molar-refractivity contribution is 9.10. The third-order valence-corrected chi connectivity index (χ3v) is 3.32. The summed E-state index contributed by atoms with van der Waals surface area (Å²) in [5.74, 6) is 1.58. The Labute approximate surface area is 130 Å². The van der Waals surface area contributed by atoms with Crippen LogP contribution in [0.3, 0.4) is 0 Å². The van der Waals surface area contributed by atoms with Gasteiger partial charge in [0, 0.05) is 35.2 Å². The van der Waals surface area contributed by atoms with Crippen LogP contribution < -0.4 is 5.32 Å². The van der Waals surface area contributed by atoms with Crippen molar-refractivity contribution in [3.8, 4) is 11.4 Å². The Kier molecular flexibility index (Phi) is 5.60. The van der Waals surface area contributed by atoms with E-state index in [9.17, 15) is 4.79 Å². The number of hydrogen-bond donors (Lipinski definition) is 2. The first-order chi connectivity index (χ1) is 9.69. The third-order valence-electron chi connectivity index (χ3n) is 2.57. The summed E-state index contributed by atoms with van der Waals surface area (Å²) < 4.78 is 6.13. The van der Waals surface area contributed by atoms with E-state index >= 15 is 0 Å². The molecule has 1 heterocycles. The molecule has 2 aromatic rings. The number of benzene rings is 1. The summed E-state index contributed by atoms with van der Waals surface area (Å²) in [6, 6.07) is 7.63. The summed E-state index contributed by atoms with van der Waals surface area (Å²) >= 11 is 7.40. The number of carbonyl (C=O) groups excluding carboxylic acids is 1. The van der Waals surface area contributed by atoms with Crippen LogP contribution in [0.25, 0.3) is 11.4 Å². The molecule has 2 rings (SSSR count). The number of nitrogens with zero attached hydrogens (tertiary/aromatic N) is 2. The number of amides is 1. The van der Waals surface area contributed by atoms with Crippen LogP contribution in [0.1, 0.15) is 12.3 Å². The van der Waals surface area contributed by atoms with Crippen molar-refractivity contribution in [2.24, 2.45) is 0 Å². The molecule has 0 unspecified atom stereocenters. The van der Waals surface area contributed by atoms with Crippen molar-refractivity contribution in [3.63, 3.8) is 0 Å². The maximum absolute atomic E-state index is 11.4. The average molecular weight is 356 g/mol. The second-order valence-electron chi connectivity index (χ2n) is 4.09. The van der Waals surface area contributed by atoms with Gasteiger partial charge in [0.1, 0.15) is 0 Å². The molecule has 0 aliphatic carbocycles. The van der Waals surface area contributed by atoms with Crippen molar-refractivity contribution in [3.05, 3.63) is 34.6 Å². The van der Waals surface area contributed by atoms with E-state index in [0.29, 0.717) is 36.9 Å². The van der Waals surface area contributed by atoms with Crippen LogP contribution in [0.4, 0.5) is 0 Å². The smallest absolute Gasteiger partial charge is 0.227 e. The third kappa shape index (κ3) is 4.35. The molecular formula is C13H14BrN3O2S. The molecule has 0 radical (unpaired) electrons. The predicted molar refractivity (Wildman–Crippen MR) is 82.6 cm³/mol. The van der Waals surface area contributed by atoms with Gasteiger partial charge in [-0.3, -0.25) is 4.79 Å². The highest BCUT2D eigenvalue weighted by atomic mass is 79.9. The van der Waals surface area contributed by atoms with Gasteiger partial charge in [0.05, 0.1) is 0 Å². The van der Waals surface area contributed by atoms with Crippen LogP contribution in [-0.4, -0.2) is 28.3 Å². The Bertz CT molecular complexity index is 571. The molecule has 1 aromatic carbocycles. The minimum absolute atomic E-state index is 0.0394. The molecule has 0 aliphatic rings. The zero-order valence-electron chi connectivity index (χ0n) is 10.7. The topological polar surface area (TPSA) is 68.0 Å². The average Bonchev–Trinajstić information content (AvgIpc) is 2.92. The standard InChI is InChI=1S/C13H14BrN3O2S/c14-10-3-1-9(2-4-10)13-16-12(19-17-13)6-5-11(18)15-7-8-20/h1-4,20H,5-8H2,(H,15,18). The first kappa shape index (κ1) is 15.1. The predicted octanol–water partition coefficient (Wildman–Crippen LogP) is 2.48. The van der Waals surface area contributed by atoms with Gasteiger partial charge < -0.3 is 9.84 Å². The number of aryl methyl sites for hydroxylation is 1. The van der Waals surface area contributed by atoms with Crippen LogP contribution in [0.5, 0.6) is 0 Å². The largest absolute Gasteiger partial charge is 0.355 e. The van der Waals surface area contributed by atoms with E-state index in [-0.39, 0.29) is 5.91 Å². The van der Waals surface area contributed by atoms with Gasteiger partial charge in [0.2, 0.25) is 17.6 Å². The summed E-state index contributed by atoms with van der Waals surface area (Å²) in [4.78, 5) is 15.7. The molecule has 106 valence electrons. The maximum atomic E-state index is 11.4. The number of thiol groups is 1. The molecule has 1 aromatic heterocycles. The first-order valence-electron chi connectivity index (χ1n) is 6.15. The minimum atomic E-state index is -0.0394. The number of halogens is 1. The Hall–Kier alpha value is -1.34. The monoisotopic (exact) mass is 355 g/mol. The molecule has 0 saturated carbocycles. The summed E-state index contributed by atoms with van der Waals surface area (Å²) in [6.45, 7) is 0.565. The number of hydrogen-bond acceptors (Lipinski definition) is 5. The van der Waals surface area contributed by atoms with Crippen LogP contribution in [0.2, 0.25) is 0 Å². The SMILES string of the molecule is O=C(CCc1nc(-c2ccc(Br)cc2)no1)NCCS. The molecule has 7 heteroatoms. The Morgan fingerprint density at radius 1 is 1.35 bits per heavy atom. The van der Waals surface area contributed by atoms with Crippen molar-refractivity contribution in [1.82, 2.24) is 15.5 Å². The highest BCUT2D eigenvalue weighted by Gasteiger charge is 2.10. The summed E-state index contributed by atoms with van der Waals surface area (Å²) in [6.07, 6.45) is 0.762. The van der Waals surface area contributed by atoms with E-state index in [1.54, 1.807) is 0 Å². The number of nitrogens with one attached hydrogen (secondary N) is 1. The van der Waals surface area contributed by atoms with E-state index in [1.807, 2.05) is 24.3 Å². The van der Waals surface area contributed by atoms with Gasteiger partial charge in [0.25, 0.3) is 0 Å². The first-order valence-corrected chi connectivity index (χ1v) is 7.57. The summed E-state index contributed by atoms with van der Waals surface area (Å²) in [7, 11) is 0. The Balaban J connectivity index is 1.92. The van der Waals surface area contributed by atoms with Gasteiger partial charge in [-0.2, -0.15) is 17.6 Å². The molecule has 0 fully saturated rings. The van der Waals surface area contributed by atoms with E-state index in [1.165, 1.54) is 0 Å². The van der Waals surface area contributed by atoms with Crippen LogP contribution >= 0.6 is 28.6 Å². The van der Waals surface area contributed by atoms with Gasteiger partial charge >= 0.3 is 0 Å². The number of carbonyl (C=O) groups is 1. The summed E-state index contributed by atoms with van der Waals surface area (Å²) in [5.41, 5.74) is 0.878. The van der Waals surface area contributed by atoms with Crippen molar-refractivity contribution >= 4 is 34.5 Å². The molecule has 1 N–H and O–H groups in total. The maximum Gasteiger partial charge on any atom is 0.227 e. The quantitative estimate of drug-likeness (QED) is 0.781. The normalized spacial score (nSPS) is 10.5. The Morgan fingerprint density at radius 3 is 2.80 bits per heavy atom. The van der Waals surface area contributed by atoms with Crippen molar-refractivity contribution < 1.29 is 9.32 Å². The highest BCUT2D eigenvalue weighted by Crippen LogP contribution is 2.19. The molecule has 20 heavy (non-hydrogen) atoms. The van der Waals surface area contributed by atoms with Crippen molar-refractivity contribution in [2.45, 2.75) is 12.8 Å². The molecule has 0 spiro atoms. The van der Waals surface area contributed by atoms with Crippen molar-refractivity contribution in [2.75, 3.05) is 12.3 Å². The van der Waals surface area contributed by atoms with Crippen LogP contribution in [0, 0.1) is 0 Å². The Morgan fingerprint density at radius 2 is 2.10 bits per heavy atom. The second kappa shape index (κ2) is 7.44. The molecule has 1 amide bonds. The second-order valence-corrected chi connectivity index (χ2v) is 5.46. The zero-order valence-corrected chi connectivity index (χ0v) is 13.2. The lowest BCUT2D eigenvalue weighted by Gasteiger charge is -2.00. The fraction of sp³-hybridized carbons (Fsp3) is 0.308. The lowest BCUT2D eigenvalue weighted by molar-refractivity contribution is -0.121. The lowest BCUT2D eigenvalue weighted by Crippen LogP contribution is -2.25. The van der Waals surface area contributed by atoms with Gasteiger partial charge in [-0.05, 0) is 24.3 Å². The molecular weight excluding hydrogens is 342 g/mol. The molecule has 0 aliphatic heterocycles. The fourth-order valence-electron chi connectivity index (χ4n) is 1.58. The van der Waals surface area contributed by atoms with E-state index in [0.717, 1.165) is 10.0 Å². The van der Waals surface area contributed by atoms with Gasteiger partial charge in [-0.1, -0.05) is 21.1 Å². The number of rotatable bonds is 6. The molecule has 0 bridgehead atoms. The molecule has 5 nitrogen and oxygen atoms in total. The summed E-state index contributed by atoms with van der Waals surface area (Å²) in [5, 5.41) is 6.65. The minimum Gasteiger partial charge on any atom is -0.355 e. The van der Waals surface area contributed by atoms with Crippen LogP contribution in [0.15, 0.2) is 33.3 Å².